The van der Waals surface area contributed by atoms with Crippen molar-refractivity contribution in [2.45, 2.75) is 37.7 Å². The first-order valence-corrected chi connectivity index (χ1v) is 9.22. The second-order valence-corrected chi connectivity index (χ2v) is 6.95. The Kier molecular flexibility index (Phi) is 6.23. The molecule has 0 aliphatic carbocycles. The topological polar surface area (TPSA) is 62.7 Å². The highest BCUT2D eigenvalue weighted by molar-refractivity contribution is 5.76. The van der Waals surface area contributed by atoms with E-state index in [0.29, 0.717) is 25.9 Å². The number of likely N-dealkylation sites (tertiary alicyclic amines) is 1. The molecule has 1 aliphatic rings. The Balaban J connectivity index is 1.46. The summed E-state index contributed by atoms with van der Waals surface area (Å²) in [6.07, 6.45) is 7.16. The van der Waals surface area contributed by atoms with Crippen LogP contribution < -0.4 is 4.74 Å². The predicted molar refractivity (Wildman–Crippen MR) is 99.9 cm³/mol. The Morgan fingerprint density at radius 2 is 1.96 bits per heavy atom. The lowest BCUT2D eigenvalue weighted by Crippen LogP contribution is -2.53. The molecule has 5 nitrogen and oxygen atoms in total. The summed E-state index contributed by atoms with van der Waals surface area (Å²) in [6, 6.07) is 13.4. The highest BCUT2D eigenvalue weighted by Crippen LogP contribution is 2.23. The highest BCUT2D eigenvalue weighted by Gasteiger charge is 2.35. The van der Waals surface area contributed by atoms with Gasteiger partial charge in [0, 0.05) is 25.4 Å². The molecule has 1 N–H and O–H groups in total. The van der Waals surface area contributed by atoms with Gasteiger partial charge in [-0.25, -0.2) is 0 Å². The van der Waals surface area contributed by atoms with Crippen LogP contribution in [0.5, 0.6) is 5.75 Å². The molecular formula is C21H26N2O3. The lowest BCUT2D eigenvalue weighted by atomic mass is 9.93. The third kappa shape index (κ3) is 5.30. The number of ether oxygens (including phenoxy) is 1. The highest BCUT2D eigenvalue weighted by atomic mass is 16.5. The van der Waals surface area contributed by atoms with E-state index in [1.807, 2.05) is 42.5 Å². The average Bonchev–Trinajstić information content (AvgIpc) is 2.68. The van der Waals surface area contributed by atoms with E-state index in [4.69, 9.17) is 4.74 Å². The molecule has 1 aromatic carbocycles. The molecule has 0 radical (unpaired) electrons. The molecule has 0 spiro atoms. The van der Waals surface area contributed by atoms with E-state index in [1.54, 1.807) is 17.3 Å². The maximum atomic E-state index is 12.5. The van der Waals surface area contributed by atoms with Crippen molar-refractivity contribution < 1.29 is 14.6 Å². The lowest BCUT2D eigenvalue weighted by molar-refractivity contribution is -0.140. The van der Waals surface area contributed by atoms with Gasteiger partial charge in [-0.3, -0.25) is 9.78 Å². The largest absolute Gasteiger partial charge is 0.491 e. The van der Waals surface area contributed by atoms with Crippen LogP contribution in [0.4, 0.5) is 0 Å². The maximum Gasteiger partial charge on any atom is 0.222 e. The second kappa shape index (κ2) is 8.81. The molecule has 0 saturated carbocycles. The Hall–Kier alpha value is -2.40. The molecule has 3 rings (SSSR count). The number of para-hydroxylation sites is 1. The van der Waals surface area contributed by atoms with Crippen molar-refractivity contribution in [1.82, 2.24) is 9.88 Å². The number of aryl methyl sites for hydroxylation is 1. The smallest absolute Gasteiger partial charge is 0.222 e. The van der Waals surface area contributed by atoms with E-state index in [9.17, 15) is 9.90 Å². The van der Waals surface area contributed by atoms with E-state index in [-0.39, 0.29) is 12.5 Å². The number of pyridine rings is 1. The standard InChI is InChI=1S/C21H26N2O3/c24-20(9-4-6-18-10-13-22-14-11-18)23-15-5-12-21(25,16-23)17-26-19-7-2-1-3-8-19/h1-3,7-8,10-11,13-14,25H,4-6,9,12,15-17H2/t21-/m0/s1. The van der Waals surface area contributed by atoms with Crippen LogP contribution in [0.25, 0.3) is 0 Å². The van der Waals surface area contributed by atoms with Crippen LogP contribution in [0, 0.1) is 0 Å². The van der Waals surface area contributed by atoms with Crippen molar-refractivity contribution in [3.05, 3.63) is 60.4 Å². The number of nitrogens with zero attached hydrogens (tertiary/aromatic N) is 2. The molecular weight excluding hydrogens is 328 g/mol. The molecule has 1 amide bonds. The van der Waals surface area contributed by atoms with Crippen molar-refractivity contribution >= 4 is 5.91 Å². The Labute approximate surface area is 154 Å². The van der Waals surface area contributed by atoms with E-state index in [0.717, 1.165) is 25.0 Å². The van der Waals surface area contributed by atoms with Gasteiger partial charge in [0.25, 0.3) is 0 Å². The molecule has 138 valence electrons. The van der Waals surface area contributed by atoms with Gasteiger partial charge in [0.2, 0.25) is 5.91 Å². The van der Waals surface area contributed by atoms with Crippen LogP contribution >= 0.6 is 0 Å². The summed E-state index contributed by atoms with van der Waals surface area (Å²) < 4.78 is 5.72. The third-order valence-electron chi connectivity index (χ3n) is 4.76. The van der Waals surface area contributed by atoms with Crippen molar-refractivity contribution in [3.8, 4) is 5.75 Å². The van der Waals surface area contributed by atoms with Gasteiger partial charge in [0.1, 0.15) is 18.0 Å². The molecule has 26 heavy (non-hydrogen) atoms. The molecule has 0 unspecified atom stereocenters. The number of rotatable bonds is 7. The number of β-amino-alcohol motifs (C(OH)–C–C–N with tert-alkyl or cyclic N) is 1. The zero-order valence-corrected chi connectivity index (χ0v) is 15.0. The summed E-state index contributed by atoms with van der Waals surface area (Å²) in [6.45, 7) is 1.26. The van der Waals surface area contributed by atoms with Gasteiger partial charge in [-0.15, -0.1) is 0 Å². The lowest BCUT2D eigenvalue weighted by Gasteiger charge is -2.39. The van der Waals surface area contributed by atoms with Crippen LogP contribution in [0.2, 0.25) is 0 Å². The zero-order chi connectivity index (χ0) is 18.2. The van der Waals surface area contributed by atoms with Gasteiger partial charge >= 0.3 is 0 Å². The van der Waals surface area contributed by atoms with Gasteiger partial charge in [0.15, 0.2) is 0 Å². The SMILES string of the molecule is O=C(CCCc1ccncc1)N1CCC[C@@](O)(COc2ccccc2)C1. The third-order valence-corrected chi connectivity index (χ3v) is 4.76. The second-order valence-electron chi connectivity index (χ2n) is 6.95. The molecule has 1 fully saturated rings. The molecule has 1 aromatic heterocycles. The molecule has 1 saturated heterocycles. The molecule has 5 heteroatoms. The first-order chi connectivity index (χ1) is 12.6. The Morgan fingerprint density at radius 3 is 2.73 bits per heavy atom. The van der Waals surface area contributed by atoms with E-state index < -0.39 is 5.60 Å². The monoisotopic (exact) mass is 354 g/mol. The Bertz CT molecular complexity index is 693. The molecule has 1 atom stereocenters. The fourth-order valence-corrected chi connectivity index (χ4v) is 3.33. The van der Waals surface area contributed by atoms with E-state index in [2.05, 4.69) is 4.98 Å². The van der Waals surface area contributed by atoms with Crippen molar-refractivity contribution in [2.75, 3.05) is 19.7 Å². The van der Waals surface area contributed by atoms with Crippen LogP contribution in [-0.2, 0) is 11.2 Å². The minimum Gasteiger partial charge on any atom is -0.491 e. The molecule has 2 aromatic rings. The number of aliphatic hydroxyl groups is 1. The number of amides is 1. The summed E-state index contributed by atoms with van der Waals surface area (Å²) in [5.41, 5.74) is 0.216. The van der Waals surface area contributed by atoms with Gasteiger partial charge in [-0.2, -0.15) is 0 Å². The normalized spacial score (nSPS) is 20.0. The number of benzene rings is 1. The van der Waals surface area contributed by atoms with Gasteiger partial charge in [0.05, 0.1) is 6.54 Å². The minimum atomic E-state index is -0.977. The predicted octanol–water partition coefficient (Wildman–Crippen LogP) is 2.84. The van der Waals surface area contributed by atoms with E-state index >= 15 is 0 Å². The van der Waals surface area contributed by atoms with Crippen molar-refractivity contribution in [2.24, 2.45) is 0 Å². The van der Waals surface area contributed by atoms with Crippen LogP contribution in [0.1, 0.15) is 31.2 Å². The Morgan fingerprint density at radius 1 is 1.19 bits per heavy atom. The fraction of sp³-hybridized carbons (Fsp3) is 0.429. The summed E-state index contributed by atoms with van der Waals surface area (Å²) in [5.74, 6) is 0.846. The number of carbonyl (C=O) groups excluding carboxylic acids is 1. The number of piperidine rings is 1. The first-order valence-electron chi connectivity index (χ1n) is 9.22. The van der Waals surface area contributed by atoms with Crippen molar-refractivity contribution in [1.29, 1.82) is 0 Å². The van der Waals surface area contributed by atoms with Crippen molar-refractivity contribution in [3.63, 3.8) is 0 Å². The number of hydrogen-bond acceptors (Lipinski definition) is 4. The van der Waals surface area contributed by atoms with Crippen LogP contribution in [0.15, 0.2) is 54.9 Å². The van der Waals surface area contributed by atoms with Gasteiger partial charge in [-0.05, 0) is 55.5 Å². The van der Waals surface area contributed by atoms with Crippen LogP contribution in [-0.4, -0.2) is 46.2 Å². The zero-order valence-electron chi connectivity index (χ0n) is 15.0. The quantitative estimate of drug-likeness (QED) is 0.830. The molecule has 2 heterocycles. The molecule has 1 aliphatic heterocycles. The maximum absolute atomic E-state index is 12.5. The number of aromatic nitrogens is 1. The van der Waals surface area contributed by atoms with Gasteiger partial charge < -0.3 is 14.7 Å². The van der Waals surface area contributed by atoms with Crippen LogP contribution in [0.3, 0.4) is 0 Å². The average molecular weight is 354 g/mol. The number of hydrogen-bond donors (Lipinski definition) is 1. The first kappa shape index (κ1) is 18.4. The summed E-state index contributed by atoms with van der Waals surface area (Å²) in [5, 5.41) is 10.8. The summed E-state index contributed by atoms with van der Waals surface area (Å²) in [4.78, 5) is 18.3. The fourth-order valence-electron chi connectivity index (χ4n) is 3.33. The van der Waals surface area contributed by atoms with E-state index in [1.165, 1.54) is 5.56 Å². The van der Waals surface area contributed by atoms with Gasteiger partial charge in [-0.1, -0.05) is 18.2 Å². The molecule has 0 bridgehead atoms. The summed E-state index contributed by atoms with van der Waals surface area (Å²) in [7, 11) is 0. The number of carbonyl (C=O) groups is 1. The minimum absolute atomic E-state index is 0.108. The summed E-state index contributed by atoms with van der Waals surface area (Å²) >= 11 is 0.